The highest BCUT2D eigenvalue weighted by Crippen LogP contribution is 2.60. The molecule has 30 heavy (non-hydrogen) atoms. The number of carbonyl (C=O) groups is 3. The molecule has 8 nitrogen and oxygen atoms in total. The molecule has 0 aromatic carbocycles. The van der Waals surface area contributed by atoms with Gasteiger partial charge < -0.3 is 24.8 Å². The molecule has 3 aliphatic rings. The average molecular weight is 489 g/mol. The number of likely N-dealkylation sites (tertiary alicyclic amines) is 1. The first-order chi connectivity index (χ1) is 14.4. The van der Waals surface area contributed by atoms with Crippen LogP contribution in [0.15, 0.2) is 0 Å². The third-order valence-corrected chi connectivity index (χ3v) is 7.33. The lowest BCUT2D eigenvalue weighted by Gasteiger charge is -2.34. The normalized spacial score (nSPS) is 34.3. The second-order valence-corrected chi connectivity index (χ2v) is 9.55. The van der Waals surface area contributed by atoms with Crippen LogP contribution in [-0.2, 0) is 23.9 Å². The maximum absolute atomic E-state index is 13.5. The Kier molecular flexibility index (Phi) is 7.79. The third kappa shape index (κ3) is 4.00. The van der Waals surface area contributed by atoms with Crippen LogP contribution in [0.5, 0.6) is 0 Å². The molecule has 170 valence electrons. The highest BCUT2D eigenvalue weighted by molar-refractivity contribution is 9.09. The van der Waals surface area contributed by atoms with Gasteiger partial charge >= 0.3 is 5.97 Å². The Morgan fingerprint density at radius 3 is 2.73 bits per heavy atom. The molecule has 0 aliphatic carbocycles. The summed E-state index contributed by atoms with van der Waals surface area (Å²) in [5.74, 6) is -2.31. The number of hydrogen-bond donors (Lipinski definition) is 2. The van der Waals surface area contributed by atoms with Crippen LogP contribution in [0.2, 0.25) is 0 Å². The van der Waals surface area contributed by atoms with E-state index >= 15 is 0 Å². The summed E-state index contributed by atoms with van der Waals surface area (Å²) >= 11 is 3.61. The predicted molar refractivity (Wildman–Crippen MR) is 113 cm³/mol. The molecule has 9 heteroatoms. The first-order valence-electron chi connectivity index (χ1n) is 11.1. The smallest absolute Gasteiger partial charge is 0.312 e. The number of nitrogens with zero attached hydrogens (tertiary/aromatic N) is 1. The van der Waals surface area contributed by atoms with Crippen LogP contribution in [0, 0.1) is 11.8 Å². The fourth-order valence-electron chi connectivity index (χ4n) is 5.26. The number of aliphatic hydroxyl groups is 1. The zero-order valence-corrected chi connectivity index (χ0v) is 19.4. The summed E-state index contributed by atoms with van der Waals surface area (Å²) in [5, 5.41) is 12.1. The van der Waals surface area contributed by atoms with Crippen LogP contribution in [0.3, 0.4) is 0 Å². The molecule has 0 saturated carbocycles. The lowest BCUT2D eigenvalue weighted by atomic mass is 9.70. The van der Waals surface area contributed by atoms with Crippen molar-refractivity contribution in [3.05, 3.63) is 0 Å². The molecule has 2 N–H and O–H groups in total. The van der Waals surface area contributed by atoms with Gasteiger partial charge in [-0.15, -0.1) is 0 Å². The van der Waals surface area contributed by atoms with Gasteiger partial charge in [0, 0.05) is 24.5 Å². The zero-order valence-electron chi connectivity index (χ0n) is 17.8. The number of aliphatic hydroxyl groups excluding tert-OH is 1. The van der Waals surface area contributed by atoms with Gasteiger partial charge in [0.15, 0.2) is 0 Å². The van der Waals surface area contributed by atoms with Gasteiger partial charge in [0.2, 0.25) is 11.8 Å². The summed E-state index contributed by atoms with van der Waals surface area (Å²) in [7, 11) is 0. The molecule has 1 spiro atoms. The Bertz CT molecular complexity index is 661. The van der Waals surface area contributed by atoms with Crippen LogP contribution in [0.1, 0.15) is 52.4 Å². The molecule has 3 heterocycles. The van der Waals surface area contributed by atoms with Crippen molar-refractivity contribution in [2.24, 2.45) is 11.8 Å². The summed E-state index contributed by atoms with van der Waals surface area (Å²) in [6.07, 6.45) is 4.08. The molecule has 0 aromatic rings. The van der Waals surface area contributed by atoms with Crippen molar-refractivity contribution in [2.45, 2.75) is 74.9 Å². The van der Waals surface area contributed by atoms with Crippen LogP contribution in [-0.4, -0.2) is 76.7 Å². The van der Waals surface area contributed by atoms with Crippen molar-refractivity contribution in [1.82, 2.24) is 10.2 Å². The van der Waals surface area contributed by atoms with Gasteiger partial charge in [-0.3, -0.25) is 14.4 Å². The molecule has 0 aromatic heterocycles. The number of ether oxygens (including phenoxy) is 2. The maximum atomic E-state index is 13.5. The van der Waals surface area contributed by atoms with Gasteiger partial charge in [-0.2, -0.15) is 0 Å². The summed E-state index contributed by atoms with van der Waals surface area (Å²) in [6.45, 7) is 4.98. The minimum Gasteiger partial charge on any atom is -0.466 e. The number of unbranched alkanes of at least 4 members (excludes halogenated alkanes) is 3. The van der Waals surface area contributed by atoms with Crippen molar-refractivity contribution >= 4 is 33.7 Å². The summed E-state index contributed by atoms with van der Waals surface area (Å²) in [5.41, 5.74) is -1.03. The monoisotopic (exact) mass is 488 g/mol. The minimum absolute atomic E-state index is 0.0258. The van der Waals surface area contributed by atoms with E-state index in [4.69, 9.17) is 14.6 Å². The van der Waals surface area contributed by atoms with E-state index in [1.54, 1.807) is 11.8 Å². The van der Waals surface area contributed by atoms with E-state index in [2.05, 4.69) is 28.2 Å². The first-order valence-corrected chi connectivity index (χ1v) is 12.0. The maximum Gasteiger partial charge on any atom is 0.312 e. The molecule has 0 radical (unpaired) electrons. The molecule has 3 unspecified atom stereocenters. The van der Waals surface area contributed by atoms with Gasteiger partial charge in [0.25, 0.3) is 0 Å². The Labute approximate surface area is 186 Å². The van der Waals surface area contributed by atoms with E-state index in [9.17, 15) is 14.4 Å². The van der Waals surface area contributed by atoms with Crippen molar-refractivity contribution in [3.8, 4) is 0 Å². The summed E-state index contributed by atoms with van der Waals surface area (Å²) in [4.78, 5) is 40.9. The van der Waals surface area contributed by atoms with Gasteiger partial charge in [0.1, 0.15) is 11.6 Å². The first kappa shape index (κ1) is 23.5. The Hall–Kier alpha value is -1.19. The van der Waals surface area contributed by atoms with E-state index < -0.39 is 35.6 Å². The van der Waals surface area contributed by atoms with Gasteiger partial charge in [-0.05, 0) is 32.6 Å². The fraction of sp³-hybridized carbons (Fsp3) is 0.857. The molecular formula is C21H33BrN2O6. The quantitative estimate of drug-likeness (QED) is 0.258. The fourth-order valence-corrected chi connectivity index (χ4v) is 6.20. The van der Waals surface area contributed by atoms with Gasteiger partial charge in [-0.1, -0.05) is 35.7 Å². The van der Waals surface area contributed by atoms with Crippen LogP contribution < -0.4 is 5.32 Å². The molecule has 6 atom stereocenters. The lowest BCUT2D eigenvalue weighted by molar-refractivity contribution is -0.154. The topological polar surface area (TPSA) is 105 Å². The van der Waals surface area contributed by atoms with Crippen molar-refractivity contribution in [2.75, 3.05) is 26.3 Å². The SMILES string of the molecule is CCCCCNC(=O)C1N(CCCCO)C(=O)[C@@H]2[C@@H](C(=O)OCC)[C@@H]3OC12CC3Br. The Morgan fingerprint density at radius 2 is 2.07 bits per heavy atom. The summed E-state index contributed by atoms with van der Waals surface area (Å²) < 4.78 is 11.6. The molecule has 3 saturated heterocycles. The highest BCUT2D eigenvalue weighted by Gasteiger charge is 2.76. The number of alkyl halides is 1. The van der Waals surface area contributed by atoms with Crippen molar-refractivity contribution in [1.29, 1.82) is 0 Å². The second-order valence-electron chi connectivity index (χ2n) is 8.38. The second kappa shape index (κ2) is 9.96. The van der Waals surface area contributed by atoms with E-state index in [1.165, 1.54) is 0 Å². The minimum atomic E-state index is -1.03. The molecular weight excluding hydrogens is 456 g/mol. The lowest BCUT2D eigenvalue weighted by Crippen LogP contribution is -2.56. The van der Waals surface area contributed by atoms with Crippen LogP contribution in [0.25, 0.3) is 0 Å². The van der Waals surface area contributed by atoms with Crippen LogP contribution >= 0.6 is 15.9 Å². The molecule has 3 aliphatic heterocycles. The number of nitrogens with one attached hydrogen (secondary N) is 1. The number of rotatable bonds is 11. The molecule has 3 fully saturated rings. The molecule has 2 bridgehead atoms. The number of carbonyl (C=O) groups excluding carboxylic acids is 3. The number of hydrogen-bond acceptors (Lipinski definition) is 6. The van der Waals surface area contributed by atoms with E-state index in [-0.39, 0.29) is 29.9 Å². The number of amides is 2. The van der Waals surface area contributed by atoms with Gasteiger partial charge in [0.05, 0.1) is 24.5 Å². The highest BCUT2D eigenvalue weighted by atomic mass is 79.9. The van der Waals surface area contributed by atoms with E-state index in [0.29, 0.717) is 32.4 Å². The zero-order chi connectivity index (χ0) is 21.9. The third-order valence-electron chi connectivity index (χ3n) is 6.48. The average Bonchev–Trinajstić information content (AvgIpc) is 3.29. The van der Waals surface area contributed by atoms with E-state index in [1.807, 2.05) is 0 Å². The Morgan fingerprint density at radius 1 is 1.30 bits per heavy atom. The van der Waals surface area contributed by atoms with Crippen molar-refractivity contribution in [3.63, 3.8) is 0 Å². The largest absolute Gasteiger partial charge is 0.466 e. The Balaban J connectivity index is 1.89. The molecule has 2 amide bonds. The summed E-state index contributed by atoms with van der Waals surface area (Å²) in [6, 6.07) is -0.778. The van der Waals surface area contributed by atoms with E-state index in [0.717, 1.165) is 19.3 Å². The standard InChI is InChI=1S/C21H33BrN2O6/c1-3-5-6-9-23-18(26)17-21-12-13(22)16(30-21)14(20(28)29-4-2)15(21)19(27)24(17)10-7-8-11-25/h13-17,25H,3-12H2,1-2H3,(H,23,26)/t13?,14-,15+,16-,17?,21?/m1/s1. The molecule has 3 rings (SSSR count). The predicted octanol–water partition coefficient (Wildman–Crippen LogP) is 1.38. The van der Waals surface area contributed by atoms with Crippen molar-refractivity contribution < 1.29 is 29.0 Å². The van der Waals surface area contributed by atoms with Gasteiger partial charge in [-0.25, -0.2) is 0 Å². The number of fused-ring (bicyclic) bond motifs is 1. The van der Waals surface area contributed by atoms with Crippen LogP contribution in [0.4, 0.5) is 0 Å². The number of esters is 1. The number of halogens is 1.